The highest BCUT2D eigenvalue weighted by molar-refractivity contribution is 6.30. The zero-order valence-corrected chi connectivity index (χ0v) is 12.5. The SMILES string of the molecule is CCCNC(CC1=CCCCC1)c1cccc(Cl)c1. The smallest absolute Gasteiger partial charge is 0.0409 e. The van der Waals surface area contributed by atoms with E-state index in [1.807, 2.05) is 12.1 Å². The fourth-order valence-corrected chi connectivity index (χ4v) is 2.90. The topological polar surface area (TPSA) is 12.0 Å². The molecule has 1 aromatic rings. The summed E-state index contributed by atoms with van der Waals surface area (Å²) in [5.74, 6) is 0. The zero-order valence-electron chi connectivity index (χ0n) is 11.8. The summed E-state index contributed by atoms with van der Waals surface area (Å²) < 4.78 is 0. The number of hydrogen-bond donors (Lipinski definition) is 1. The van der Waals surface area contributed by atoms with E-state index in [9.17, 15) is 0 Å². The lowest BCUT2D eigenvalue weighted by Gasteiger charge is -2.22. The van der Waals surface area contributed by atoms with Crippen molar-refractivity contribution in [3.05, 3.63) is 46.5 Å². The van der Waals surface area contributed by atoms with Gasteiger partial charge in [0.15, 0.2) is 0 Å². The molecule has 2 heteroatoms. The van der Waals surface area contributed by atoms with Crippen LogP contribution in [0.25, 0.3) is 0 Å². The van der Waals surface area contributed by atoms with Gasteiger partial charge in [0.25, 0.3) is 0 Å². The Labute approximate surface area is 122 Å². The Hall–Kier alpha value is -0.790. The van der Waals surface area contributed by atoms with E-state index in [4.69, 9.17) is 11.6 Å². The van der Waals surface area contributed by atoms with E-state index >= 15 is 0 Å². The molecule has 0 bridgehead atoms. The Morgan fingerprint density at radius 3 is 2.89 bits per heavy atom. The largest absolute Gasteiger partial charge is 0.310 e. The number of allylic oxidation sites excluding steroid dienone is 1. The molecule has 1 nitrogen and oxygen atoms in total. The summed E-state index contributed by atoms with van der Waals surface area (Å²) in [6.45, 7) is 3.27. The van der Waals surface area contributed by atoms with Crippen molar-refractivity contribution in [2.24, 2.45) is 0 Å². The minimum absolute atomic E-state index is 0.406. The molecule has 1 atom stereocenters. The highest BCUT2D eigenvalue weighted by Crippen LogP contribution is 2.28. The molecule has 0 fully saturated rings. The molecule has 1 aliphatic carbocycles. The third-order valence-electron chi connectivity index (χ3n) is 3.74. The molecule has 19 heavy (non-hydrogen) atoms. The Morgan fingerprint density at radius 2 is 2.21 bits per heavy atom. The third kappa shape index (κ3) is 4.67. The van der Waals surface area contributed by atoms with E-state index in [1.165, 1.54) is 31.2 Å². The first-order valence-electron chi connectivity index (χ1n) is 7.46. The zero-order chi connectivity index (χ0) is 13.5. The Balaban J connectivity index is 2.08. The quantitative estimate of drug-likeness (QED) is 0.698. The van der Waals surface area contributed by atoms with Gasteiger partial charge < -0.3 is 5.32 Å². The average Bonchev–Trinajstić information content (AvgIpc) is 2.44. The van der Waals surface area contributed by atoms with Crippen LogP contribution in [0.1, 0.15) is 57.1 Å². The van der Waals surface area contributed by atoms with Crippen LogP contribution in [-0.2, 0) is 0 Å². The minimum Gasteiger partial charge on any atom is -0.310 e. The van der Waals surface area contributed by atoms with E-state index in [0.29, 0.717) is 6.04 Å². The van der Waals surface area contributed by atoms with Crippen LogP contribution in [-0.4, -0.2) is 6.54 Å². The second-order valence-corrected chi connectivity index (χ2v) is 5.81. The van der Waals surface area contributed by atoms with E-state index in [1.54, 1.807) is 5.57 Å². The van der Waals surface area contributed by atoms with Crippen molar-refractivity contribution in [3.63, 3.8) is 0 Å². The van der Waals surface area contributed by atoms with Crippen LogP contribution in [0.3, 0.4) is 0 Å². The Bertz CT molecular complexity index is 425. The lowest BCUT2D eigenvalue weighted by molar-refractivity contribution is 0.511. The summed E-state index contributed by atoms with van der Waals surface area (Å²) in [5.41, 5.74) is 2.92. The van der Waals surface area contributed by atoms with E-state index in [-0.39, 0.29) is 0 Å². The van der Waals surface area contributed by atoms with E-state index in [2.05, 4.69) is 30.4 Å². The Kier molecular flexibility index (Phi) is 5.93. The maximum atomic E-state index is 6.12. The third-order valence-corrected chi connectivity index (χ3v) is 3.98. The van der Waals surface area contributed by atoms with Gasteiger partial charge in [0.1, 0.15) is 0 Å². The van der Waals surface area contributed by atoms with Gasteiger partial charge in [0.05, 0.1) is 0 Å². The lowest BCUT2D eigenvalue weighted by Crippen LogP contribution is -2.23. The molecular formula is C17H24ClN. The highest BCUT2D eigenvalue weighted by atomic mass is 35.5. The average molecular weight is 278 g/mol. The molecule has 0 aromatic heterocycles. The summed E-state index contributed by atoms with van der Waals surface area (Å²) in [5, 5.41) is 4.49. The fourth-order valence-electron chi connectivity index (χ4n) is 2.70. The van der Waals surface area contributed by atoms with Crippen molar-refractivity contribution in [2.75, 3.05) is 6.54 Å². The summed E-state index contributed by atoms with van der Waals surface area (Å²) in [6, 6.07) is 8.68. The van der Waals surface area contributed by atoms with Crippen LogP contribution in [0.15, 0.2) is 35.9 Å². The second-order valence-electron chi connectivity index (χ2n) is 5.37. The van der Waals surface area contributed by atoms with E-state index in [0.717, 1.165) is 24.4 Å². The van der Waals surface area contributed by atoms with Crippen LogP contribution in [0.4, 0.5) is 0 Å². The molecular weight excluding hydrogens is 254 g/mol. The first-order chi connectivity index (χ1) is 9.29. The molecule has 0 heterocycles. The van der Waals surface area contributed by atoms with Gasteiger partial charge in [-0.05, 0) is 62.8 Å². The summed E-state index contributed by atoms with van der Waals surface area (Å²) in [7, 11) is 0. The molecule has 0 aliphatic heterocycles. The normalized spacial score (nSPS) is 17.1. The molecule has 0 amide bonds. The maximum absolute atomic E-state index is 6.12. The van der Waals surface area contributed by atoms with Crippen LogP contribution >= 0.6 is 11.6 Å². The van der Waals surface area contributed by atoms with Gasteiger partial charge in [-0.2, -0.15) is 0 Å². The van der Waals surface area contributed by atoms with Crippen molar-refractivity contribution in [1.82, 2.24) is 5.32 Å². The van der Waals surface area contributed by atoms with Crippen LogP contribution in [0, 0.1) is 0 Å². The molecule has 0 saturated heterocycles. The van der Waals surface area contributed by atoms with Crippen molar-refractivity contribution in [1.29, 1.82) is 0 Å². The maximum Gasteiger partial charge on any atom is 0.0409 e. The van der Waals surface area contributed by atoms with Gasteiger partial charge in [-0.25, -0.2) is 0 Å². The molecule has 2 rings (SSSR count). The van der Waals surface area contributed by atoms with Gasteiger partial charge in [-0.15, -0.1) is 0 Å². The summed E-state index contributed by atoms with van der Waals surface area (Å²) >= 11 is 6.12. The minimum atomic E-state index is 0.406. The molecule has 104 valence electrons. The molecule has 1 unspecified atom stereocenters. The predicted octanol–water partition coefficient (Wildman–Crippen LogP) is 5.27. The van der Waals surface area contributed by atoms with Gasteiger partial charge in [0.2, 0.25) is 0 Å². The van der Waals surface area contributed by atoms with Gasteiger partial charge in [-0.3, -0.25) is 0 Å². The molecule has 1 N–H and O–H groups in total. The summed E-state index contributed by atoms with van der Waals surface area (Å²) in [4.78, 5) is 0. The number of benzene rings is 1. The van der Waals surface area contributed by atoms with Crippen LogP contribution < -0.4 is 5.32 Å². The predicted molar refractivity (Wildman–Crippen MR) is 83.7 cm³/mol. The van der Waals surface area contributed by atoms with Crippen molar-refractivity contribution in [3.8, 4) is 0 Å². The van der Waals surface area contributed by atoms with Crippen molar-refractivity contribution < 1.29 is 0 Å². The second kappa shape index (κ2) is 7.72. The lowest BCUT2D eigenvalue weighted by atomic mass is 9.91. The monoisotopic (exact) mass is 277 g/mol. The Morgan fingerprint density at radius 1 is 1.32 bits per heavy atom. The van der Waals surface area contributed by atoms with E-state index < -0.39 is 0 Å². The standard InChI is InChI=1S/C17H24ClN/c1-2-11-19-17(12-14-7-4-3-5-8-14)15-9-6-10-16(18)13-15/h6-7,9-10,13,17,19H,2-5,8,11-12H2,1H3. The fraction of sp³-hybridized carbons (Fsp3) is 0.529. The van der Waals surface area contributed by atoms with Crippen molar-refractivity contribution >= 4 is 11.6 Å². The van der Waals surface area contributed by atoms with Gasteiger partial charge >= 0.3 is 0 Å². The number of nitrogens with one attached hydrogen (secondary N) is 1. The van der Waals surface area contributed by atoms with Crippen LogP contribution in [0.2, 0.25) is 5.02 Å². The van der Waals surface area contributed by atoms with Gasteiger partial charge in [-0.1, -0.05) is 42.3 Å². The highest BCUT2D eigenvalue weighted by Gasteiger charge is 2.14. The molecule has 1 aliphatic rings. The molecule has 0 spiro atoms. The number of rotatable bonds is 6. The van der Waals surface area contributed by atoms with Gasteiger partial charge in [0, 0.05) is 11.1 Å². The van der Waals surface area contributed by atoms with Crippen LogP contribution in [0.5, 0.6) is 0 Å². The number of halogens is 1. The number of hydrogen-bond acceptors (Lipinski definition) is 1. The first kappa shape index (κ1) is 14.6. The summed E-state index contributed by atoms with van der Waals surface area (Å²) in [6.07, 6.45) is 9.96. The van der Waals surface area contributed by atoms with Crippen molar-refractivity contribution in [2.45, 2.75) is 51.5 Å². The molecule has 0 radical (unpaired) electrons. The first-order valence-corrected chi connectivity index (χ1v) is 7.84. The molecule has 1 aromatic carbocycles. The molecule has 0 saturated carbocycles.